The fourth-order valence-corrected chi connectivity index (χ4v) is 4.84. The molecule has 1 heterocycles. The van der Waals surface area contributed by atoms with Gasteiger partial charge in [-0.1, -0.05) is 35.3 Å². The van der Waals surface area contributed by atoms with Gasteiger partial charge in [-0.15, -0.1) is 0 Å². The summed E-state index contributed by atoms with van der Waals surface area (Å²) in [5.74, 6) is 1.06. The first kappa shape index (κ1) is 25.6. The number of hydrogen-bond donors (Lipinski definition) is 1. The zero-order chi connectivity index (χ0) is 23.8. The molecule has 1 fully saturated rings. The van der Waals surface area contributed by atoms with Gasteiger partial charge < -0.3 is 24.8 Å². The number of methoxy groups -OCH3 is 1. The molecule has 2 atom stereocenters. The summed E-state index contributed by atoms with van der Waals surface area (Å²) >= 11 is 12.4. The standard InChI is InChI=1S/C25H32Cl2N2O4/c1-17-12-22(26)24(23(27)13-17)33-11-10-32-21-7-5-18(6-8-21)14-19(15-28)25(30)29-9-3-4-20(29)16-31-2/h5-8,12-13,19-20H,3-4,9-11,14-16,28H2,1-2H3/t19-,20?/m1/s1. The van der Waals surface area contributed by atoms with Gasteiger partial charge >= 0.3 is 0 Å². The van der Waals surface area contributed by atoms with Gasteiger partial charge in [-0.3, -0.25) is 4.79 Å². The van der Waals surface area contributed by atoms with Crippen LogP contribution in [0.5, 0.6) is 11.5 Å². The lowest BCUT2D eigenvalue weighted by molar-refractivity contribution is -0.136. The Labute approximate surface area is 205 Å². The summed E-state index contributed by atoms with van der Waals surface area (Å²) < 4.78 is 16.7. The molecule has 0 saturated carbocycles. The van der Waals surface area contributed by atoms with Crippen LogP contribution in [0.4, 0.5) is 0 Å². The quantitative estimate of drug-likeness (QED) is 0.465. The molecule has 1 unspecified atom stereocenters. The van der Waals surface area contributed by atoms with Gasteiger partial charge in [-0.25, -0.2) is 0 Å². The molecular formula is C25H32Cl2N2O4. The van der Waals surface area contributed by atoms with Crippen LogP contribution in [0.15, 0.2) is 36.4 Å². The zero-order valence-electron chi connectivity index (χ0n) is 19.2. The summed E-state index contributed by atoms with van der Waals surface area (Å²) in [6.45, 7) is 4.24. The summed E-state index contributed by atoms with van der Waals surface area (Å²) in [5.41, 5.74) is 7.98. The molecule has 2 N–H and O–H groups in total. The monoisotopic (exact) mass is 494 g/mol. The van der Waals surface area contributed by atoms with E-state index in [0.29, 0.717) is 48.6 Å². The number of carbonyl (C=O) groups is 1. The zero-order valence-corrected chi connectivity index (χ0v) is 20.7. The third-order valence-electron chi connectivity index (χ3n) is 5.80. The van der Waals surface area contributed by atoms with Crippen LogP contribution in [-0.2, 0) is 16.0 Å². The number of amides is 1. The molecule has 0 bridgehead atoms. The maximum absolute atomic E-state index is 13.0. The number of ether oxygens (including phenoxy) is 3. The lowest BCUT2D eigenvalue weighted by Gasteiger charge is -2.28. The van der Waals surface area contributed by atoms with Crippen LogP contribution in [0, 0.1) is 12.8 Å². The lowest BCUT2D eigenvalue weighted by Crippen LogP contribution is -2.44. The van der Waals surface area contributed by atoms with E-state index >= 15 is 0 Å². The minimum absolute atomic E-state index is 0.114. The van der Waals surface area contributed by atoms with Crippen molar-refractivity contribution >= 4 is 29.1 Å². The van der Waals surface area contributed by atoms with E-state index in [0.717, 1.165) is 36.3 Å². The highest BCUT2D eigenvalue weighted by molar-refractivity contribution is 6.37. The van der Waals surface area contributed by atoms with Gasteiger partial charge in [0.25, 0.3) is 0 Å². The minimum Gasteiger partial charge on any atom is -0.490 e. The van der Waals surface area contributed by atoms with E-state index in [1.54, 1.807) is 7.11 Å². The molecule has 3 rings (SSSR count). The molecule has 1 saturated heterocycles. The number of benzene rings is 2. The third-order valence-corrected chi connectivity index (χ3v) is 6.36. The summed E-state index contributed by atoms with van der Waals surface area (Å²) in [5, 5.41) is 0.964. The van der Waals surface area contributed by atoms with Crippen molar-refractivity contribution in [2.45, 2.75) is 32.2 Å². The highest BCUT2D eigenvalue weighted by atomic mass is 35.5. The van der Waals surface area contributed by atoms with E-state index in [-0.39, 0.29) is 17.9 Å². The molecule has 8 heteroatoms. The molecular weight excluding hydrogens is 463 g/mol. The Morgan fingerprint density at radius 3 is 2.45 bits per heavy atom. The Kier molecular flexibility index (Phi) is 9.68. The molecule has 2 aromatic carbocycles. The average molecular weight is 495 g/mol. The average Bonchev–Trinajstić information content (AvgIpc) is 3.25. The van der Waals surface area contributed by atoms with E-state index in [1.165, 1.54) is 0 Å². The second-order valence-corrected chi connectivity index (χ2v) is 9.13. The maximum atomic E-state index is 13.0. The molecule has 0 spiro atoms. The highest BCUT2D eigenvalue weighted by Gasteiger charge is 2.32. The van der Waals surface area contributed by atoms with Crippen LogP contribution in [0.25, 0.3) is 0 Å². The Balaban J connectivity index is 1.49. The molecule has 1 amide bonds. The molecule has 1 aliphatic rings. The van der Waals surface area contributed by atoms with E-state index in [2.05, 4.69) is 0 Å². The molecule has 2 aromatic rings. The van der Waals surface area contributed by atoms with Gasteiger partial charge in [-0.2, -0.15) is 0 Å². The fraction of sp³-hybridized carbons (Fsp3) is 0.480. The molecule has 1 aliphatic heterocycles. The van der Waals surface area contributed by atoms with E-state index < -0.39 is 0 Å². The van der Waals surface area contributed by atoms with E-state index in [9.17, 15) is 4.79 Å². The normalized spacial score (nSPS) is 16.6. The van der Waals surface area contributed by atoms with Crippen LogP contribution in [0.3, 0.4) is 0 Å². The number of likely N-dealkylation sites (tertiary alicyclic amines) is 1. The highest BCUT2D eigenvalue weighted by Crippen LogP contribution is 2.34. The van der Waals surface area contributed by atoms with Gasteiger partial charge in [0.05, 0.1) is 28.6 Å². The topological polar surface area (TPSA) is 74.0 Å². The van der Waals surface area contributed by atoms with Gasteiger partial charge in [-0.05, 0) is 61.6 Å². The fourth-order valence-electron chi connectivity index (χ4n) is 4.13. The molecule has 0 aliphatic carbocycles. The van der Waals surface area contributed by atoms with Crippen LogP contribution < -0.4 is 15.2 Å². The van der Waals surface area contributed by atoms with Crippen molar-refractivity contribution in [3.8, 4) is 11.5 Å². The molecule has 33 heavy (non-hydrogen) atoms. The summed E-state index contributed by atoms with van der Waals surface area (Å²) in [4.78, 5) is 15.0. The summed E-state index contributed by atoms with van der Waals surface area (Å²) in [7, 11) is 1.67. The summed E-state index contributed by atoms with van der Waals surface area (Å²) in [6, 6.07) is 11.5. The first-order chi connectivity index (χ1) is 15.9. The number of aryl methyl sites for hydroxylation is 1. The van der Waals surface area contributed by atoms with Crippen LogP contribution in [0.1, 0.15) is 24.0 Å². The Hall–Kier alpha value is -1.99. The van der Waals surface area contributed by atoms with E-state index in [1.807, 2.05) is 48.2 Å². The maximum Gasteiger partial charge on any atom is 0.227 e. The van der Waals surface area contributed by atoms with Gasteiger partial charge in [0.15, 0.2) is 5.75 Å². The smallest absolute Gasteiger partial charge is 0.227 e. The third kappa shape index (κ3) is 7.00. The van der Waals surface area contributed by atoms with Crippen molar-refractivity contribution in [2.24, 2.45) is 11.7 Å². The predicted octanol–water partition coefficient (Wildman–Crippen LogP) is 4.51. The number of nitrogens with zero attached hydrogens (tertiary/aromatic N) is 1. The van der Waals surface area contributed by atoms with E-state index in [4.69, 9.17) is 43.1 Å². The van der Waals surface area contributed by atoms with Crippen molar-refractivity contribution in [2.75, 3.05) is 40.0 Å². The number of carbonyl (C=O) groups excluding carboxylic acids is 1. The number of nitrogens with two attached hydrogens (primary N) is 1. The predicted molar refractivity (Wildman–Crippen MR) is 131 cm³/mol. The van der Waals surface area contributed by atoms with Crippen molar-refractivity contribution in [1.29, 1.82) is 0 Å². The van der Waals surface area contributed by atoms with Gasteiger partial charge in [0.2, 0.25) is 5.91 Å². The number of hydrogen-bond acceptors (Lipinski definition) is 5. The molecule has 0 aromatic heterocycles. The Bertz CT molecular complexity index is 900. The SMILES string of the molecule is COCC1CCCN1C(=O)[C@@H](CN)Cc1ccc(OCCOc2c(Cl)cc(C)cc2Cl)cc1. The summed E-state index contributed by atoms with van der Waals surface area (Å²) in [6.07, 6.45) is 2.59. The van der Waals surface area contributed by atoms with Crippen LogP contribution >= 0.6 is 23.2 Å². The molecule has 0 radical (unpaired) electrons. The van der Waals surface area contributed by atoms with Crippen molar-refractivity contribution < 1.29 is 19.0 Å². The number of halogens is 2. The minimum atomic E-state index is -0.244. The van der Waals surface area contributed by atoms with Crippen LogP contribution in [-0.4, -0.2) is 56.9 Å². The Morgan fingerprint density at radius 1 is 1.15 bits per heavy atom. The van der Waals surface area contributed by atoms with Crippen molar-refractivity contribution in [3.63, 3.8) is 0 Å². The number of rotatable bonds is 11. The van der Waals surface area contributed by atoms with Crippen molar-refractivity contribution in [3.05, 3.63) is 57.6 Å². The van der Waals surface area contributed by atoms with Crippen molar-refractivity contribution in [1.82, 2.24) is 4.90 Å². The first-order valence-corrected chi connectivity index (χ1v) is 12.0. The molecule has 6 nitrogen and oxygen atoms in total. The second kappa shape index (κ2) is 12.5. The first-order valence-electron chi connectivity index (χ1n) is 11.2. The lowest BCUT2D eigenvalue weighted by atomic mass is 9.97. The van der Waals surface area contributed by atoms with Gasteiger partial charge in [0.1, 0.15) is 19.0 Å². The molecule has 180 valence electrons. The Morgan fingerprint density at radius 2 is 1.82 bits per heavy atom. The van der Waals surface area contributed by atoms with Gasteiger partial charge in [0, 0.05) is 20.2 Å². The van der Waals surface area contributed by atoms with Crippen LogP contribution in [0.2, 0.25) is 10.0 Å². The largest absolute Gasteiger partial charge is 0.490 e. The second-order valence-electron chi connectivity index (χ2n) is 8.32.